The van der Waals surface area contributed by atoms with Crippen molar-refractivity contribution in [3.63, 3.8) is 0 Å². The third-order valence-electron chi connectivity index (χ3n) is 9.73. The number of benzene rings is 1. The van der Waals surface area contributed by atoms with Crippen LogP contribution in [0.3, 0.4) is 0 Å². The molecule has 0 saturated heterocycles. The summed E-state index contributed by atoms with van der Waals surface area (Å²) in [6.07, 6.45) is 26.9. The van der Waals surface area contributed by atoms with E-state index in [-0.39, 0.29) is 0 Å². The summed E-state index contributed by atoms with van der Waals surface area (Å²) in [6.45, 7) is 5.60. The van der Waals surface area contributed by atoms with Crippen molar-refractivity contribution >= 4 is 0 Å². The average molecular weight is 467 g/mol. The summed E-state index contributed by atoms with van der Waals surface area (Å²) in [5.74, 6) is 3.89. The van der Waals surface area contributed by atoms with Crippen molar-refractivity contribution in [3.8, 4) is 0 Å². The molecule has 2 fully saturated rings. The Morgan fingerprint density at radius 1 is 0.676 bits per heavy atom. The Hall–Kier alpha value is -0.820. The van der Waals surface area contributed by atoms with Crippen LogP contribution >= 0.6 is 0 Å². The van der Waals surface area contributed by atoms with E-state index in [1.165, 1.54) is 122 Å². The molecule has 0 spiro atoms. The zero-order valence-corrected chi connectivity index (χ0v) is 22.7. The zero-order valence-electron chi connectivity index (χ0n) is 22.7. The van der Waals surface area contributed by atoms with Crippen molar-refractivity contribution in [2.24, 2.45) is 23.7 Å². The minimum atomic E-state index is 0.571. The molecule has 0 aliphatic heterocycles. The van der Waals surface area contributed by atoms with E-state index in [1.54, 1.807) is 16.7 Å². The van der Waals surface area contributed by atoms with Crippen molar-refractivity contribution in [2.75, 3.05) is 6.61 Å². The van der Waals surface area contributed by atoms with Gasteiger partial charge in [-0.2, -0.15) is 0 Å². The Morgan fingerprint density at radius 3 is 2.21 bits per heavy atom. The number of hydrogen-bond donors (Lipinski definition) is 0. The van der Waals surface area contributed by atoms with Gasteiger partial charge in [-0.3, -0.25) is 0 Å². The Bertz CT molecular complexity index is 708. The summed E-state index contributed by atoms with van der Waals surface area (Å²) in [5, 5.41) is 0. The highest BCUT2D eigenvalue weighted by Gasteiger charge is 2.38. The van der Waals surface area contributed by atoms with Gasteiger partial charge in [0.05, 0.1) is 6.10 Å². The van der Waals surface area contributed by atoms with Crippen molar-refractivity contribution in [1.29, 1.82) is 0 Å². The van der Waals surface area contributed by atoms with Gasteiger partial charge in [-0.1, -0.05) is 77.0 Å². The summed E-state index contributed by atoms with van der Waals surface area (Å²) < 4.78 is 6.31. The summed E-state index contributed by atoms with van der Waals surface area (Å²) in [6, 6.07) is 7.55. The lowest BCUT2D eigenvalue weighted by atomic mass is 9.62. The third-order valence-corrected chi connectivity index (χ3v) is 9.73. The van der Waals surface area contributed by atoms with Gasteiger partial charge < -0.3 is 4.74 Å². The number of aryl methyl sites for hydroxylation is 2. The Labute approximate surface area is 211 Å². The molecule has 5 atom stereocenters. The zero-order chi connectivity index (χ0) is 23.6. The van der Waals surface area contributed by atoms with E-state index in [4.69, 9.17) is 4.74 Å². The van der Waals surface area contributed by atoms with Crippen LogP contribution in [0.1, 0.15) is 133 Å². The summed E-state index contributed by atoms with van der Waals surface area (Å²) in [4.78, 5) is 0. The van der Waals surface area contributed by atoms with Crippen LogP contribution in [0.2, 0.25) is 0 Å². The van der Waals surface area contributed by atoms with Crippen LogP contribution in [-0.2, 0) is 24.0 Å². The van der Waals surface area contributed by atoms with Crippen molar-refractivity contribution in [1.82, 2.24) is 0 Å². The lowest BCUT2D eigenvalue weighted by Gasteiger charge is -2.45. The molecule has 0 aromatic heterocycles. The molecular formula is C33H54O. The Kier molecular flexibility index (Phi) is 10.9. The lowest BCUT2D eigenvalue weighted by molar-refractivity contribution is -0.0250. The lowest BCUT2D eigenvalue weighted by Crippen LogP contribution is -2.37. The monoisotopic (exact) mass is 466 g/mol. The Morgan fingerprint density at radius 2 is 1.38 bits per heavy atom. The largest absolute Gasteiger partial charge is 0.378 e. The maximum Gasteiger partial charge on any atom is 0.0578 e. The maximum absolute atomic E-state index is 6.31. The molecular weight excluding hydrogens is 412 g/mol. The first-order valence-corrected chi connectivity index (χ1v) is 15.5. The molecule has 1 nitrogen and oxygen atoms in total. The molecule has 2 saturated carbocycles. The van der Waals surface area contributed by atoms with E-state index in [0.717, 1.165) is 30.3 Å². The molecule has 3 aliphatic rings. The van der Waals surface area contributed by atoms with E-state index in [9.17, 15) is 0 Å². The molecule has 4 rings (SSSR count). The highest BCUT2D eigenvalue weighted by Crippen LogP contribution is 2.47. The van der Waals surface area contributed by atoms with Crippen molar-refractivity contribution < 1.29 is 4.74 Å². The first kappa shape index (κ1) is 26.2. The minimum absolute atomic E-state index is 0.571. The van der Waals surface area contributed by atoms with Gasteiger partial charge in [-0.15, -0.1) is 0 Å². The smallest absolute Gasteiger partial charge is 0.0578 e. The minimum Gasteiger partial charge on any atom is -0.378 e. The van der Waals surface area contributed by atoms with Crippen LogP contribution in [0.15, 0.2) is 18.2 Å². The molecule has 0 radical (unpaired) electrons. The van der Waals surface area contributed by atoms with Crippen LogP contribution < -0.4 is 0 Å². The SMILES string of the molecule is CCCCCCCc1ccc2c(c1)CCC(C1CCC3CC(OCCCCCC)CCC3C1)C2. The van der Waals surface area contributed by atoms with E-state index in [0.29, 0.717) is 6.10 Å². The second kappa shape index (κ2) is 14.1. The number of ether oxygens (including phenoxy) is 1. The molecule has 5 unspecified atom stereocenters. The second-order valence-corrected chi connectivity index (χ2v) is 12.2. The van der Waals surface area contributed by atoms with Gasteiger partial charge >= 0.3 is 0 Å². The van der Waals surface area contributed by atoms with E-state index in [1.807, 2.05) is 0 Å². The standard InChI is InChI=1S/C33H54O/c1-3-5-7-9-10-12-26-13-14-28-23-29(16-15-27(28)22-26)30-17-18-32-25-33(20-19-31(32)24-30)34-21-11-8-6-4-2/h13-14,22,29-33H,3-12,15-21,23-25H2,1-2H3. The van der Waals surface area contributed by atoms with Gasteiger partial charge in [-0.05, 0) is 117 Å². The number of rotatable bonds is 13. The van der Waals surface area contributed by atoms with E-state index >= 15 is 0 Å². The van der Waals surface area contributed by atoms with Crippen molar-refractivity contribution in [3.05, 3.63) is 34.9 Å². The van der Waals surface area contributed by atoms with Crippen LogP contribution in [0.25, 0.3) is 0 Å². The summed E-state index contributed by atoms with van der Waals surface area (Å²) in [7, 11) is 0. The molecule has 1 aromatic rings. The van der Waals surface area contributed by atoms with Gasteiger partial charge in [0, 0.05) is 6.61 Å². The quantitative estimate of drug-likeness (QED) is 0.263. The van der Waals surface area contributed by atoms with Crippen LogP contribution in [0, 0.1) is 23.7 Å². The molecule has 0 heterocycles. The summed E-state index contributed by atoms with van der Waals surface area (Å²) in [5.41, 5.74) is 4.97. The topological polar surface area (TPSA) is 9.23 Å². The van der Waals surface area contributed by atoms with Crippen LogP contribution in [0.4, 0.5) is 0 Å². The van der Waals surface area contributed by atoms with E-state index < -0.39 is 0 Å². The normalized spacial score (nSPS) is 28.9. The van der Waals surface area contributed by atoms with Gasteiger partial charge in [0.2, 0.25) is 0 Å². The van der Waals surface area contributed by atoms with Gasteiger partial charge in [-0.25, -0.2) is 0 Å². The first-order chi connectivity index (χ1) is 16.8. The van der Waals surface area contributed by atoms with Gasteiger partial charge in [0.25, 0.3) is 0 Å². The number of hydrogen-bond acceptors (Lipinski definition) is 1. The molecule has 0 N–H and O–H groups in total. The molecule has 1 aromatic carbocycles. The van der Waals surface area contributed by atoms with Crippen LogP contribution in [-0.4, -0.2) is 12.7 Å². The predicted octanol–water partition coefficient (Wildman–Crippen LogP) is 9.49. The number of fused-ring (bicyclic) bond motifs is 2. The van der Waals surface area contributed by atoms with Crippen molar-refractivity contribution in [2.45, 2.75) is 142 Å². The molecule has 34 heavy (non-hydrogen) atoms. The first-order valence-electron chi connectivity index (χ1n) is 15.5. The van der Waals surface area contributed by atoms with Crippen LogP contribution in [0.5, 0.6) is 0 Å². The molecule has 192 valence electrons. The fourth-order valence-corrected chi connectivity index (χ4v) is 7.57. The van der Waals surface area contributed by atoms with Gasteiger partial charge in [0.1, 0.15) is 0 Å². The van der Waals surface area contributed by atoms with E-state index in [2.05, 4.69) is 32.0 Å². The molecule has 1 heteroatoms. The fourth-order valence-electron chi connectivity index (χ4n) is 7.57. The second-order valence-electron chi connectivity index (χ2n) is 12.2. The highest BCUT2D eigenvalue weighted by atomic mass is 16.5. The average Bonchev–Trinajstić information content (AvgIpc) is 2.87. The molecule has 3 aliphatic carbocycles. The van der Waals surface area contributed by atoms with Gasteiger partial charge in [0.15, 0.2) is 0 Å². The highest BCUT2D eigenvalue weighted by molar-refractivity contribution is 5.34. The maximum atomic E-state index is 6.31. The fraction of sp³-hybridized carbons (Fsp3) is 0.818. The predicted molar refractivity (Wildman–Crippen MR) is 146 cm³/mol. The summed E-state index contributed by atoms with van der Waals surface area (Å²) >= 11 is 0. The Balaban J connectivity index is 1.19. The molecule has 0 amide bonds. The molecule has 0 bridgehead atoms. The number of unbranched alkanes of at least 4 members (excludes halogenated alkanes) is 7. The third kappa shape index (κ3) is 7.59.